The second-order valence-corrected chi connectivity index (χ2v) is 10.00. The lowest BCUT2D eigenvalue weighted by Crippen LogP contribution is -2.47. The van der Waals surface area contributed by atoms with Gasteiger partial charge in [-0.2, -0.15) is 4.98 Å². The zero-order valence-electron chi connectivity index (χ0n) is 20.0. The fourth-order valence-corrected chi connectivity index (χ4v) is 5.07. The second-order valence-electron chi connectivity index (χ2n) is 10.00. The highest BCUT2D eigenvalue weighted by molar-refractivity contribution is 6.08. The van der Waals surface area contributed by atoms with E-state index in [4.69, 9.17) is 4.74 Å². The fourth-order valence-electron chi connectivity index (χ4n) is 5.07. The van der Waals surface area contributed by atoms with Crippen molar-refractivity contribution in [2.75, 3.05) is 44.2 Å². The molecule has 3 heterocycles. The minimum Gasteiger partial charge on any atom is -0.478 e. The number of pyridine rings is 2. The molecule has 1 aliphatic carbocycles. The van der Waals surface area contributed by atoms with E-state index in [0.717, 1.165) is 68.6 Å². The molecular formula is C27H32N4O3. The van der Waals surface area contributed by atoms with Crippen LogP contribution in [0.2, 0.25) is 0 Å². The molecule has 0 bridgehead atoms. The first-order valence-corrected chi connectivity index (χ1v) is 12.2. The first-order chi connectivity index (χ1) is 16.4. The maximum Gasteiger partial charge on any atom is 0.249 e. The van der Waals surface area contributed by atoms with E-state index in [-0.39, 0.29) is 16.8 Å². The number of carbonyl (C=O) groups excluding carboxylic acids is 1. The Morgan fingerprint density at radius 2 is 1.79 bits per heavy atom. The summed E-state index contributed by atoms with van der Waals surface area (Å²) in [5.41, 5.74) is 3.36. The first-order valence-electron chi connectivity index (χ1n) is 12.2. The van der Waals surface area contributed by atoms with Crippen LogP contribution in [0.5, 0.6) is 5.88 Å². The summed E-state index contributed by atoms with van der Waals surface area (Å²) in [6, 6.07) is 13.3. The predicted molar refractivity (Wildman–Crippen MR) is 134 cm³/mol. The zero-order chi connectivity index (χ0) is 23.7. The van der Waals surface area contributed by atoms with Crippen LogP contribution in [-0.2, 0) is 6.42 Å². The molecule has 2 aliphatic rings. The Morgan fingerprint density at radius 1 is 1.00 bits per heavy atom. The maximum absolute atomic E-state index is 13.0. The van der Waals surface area contributed by atoms with Crippen LogP contribution in [0.3, 0.4) is 0 Å². The normalized spacial score (nSPS) is 17.8. The molecule has 7 heteroatoms. The summed E-state index contributed by atoms with van der Waals surface area (Å²) in [7, 11) is 0. The Bertz CT molecular complexity index is 1260. The molecule has 1 saturated heterocycles. The number of Topliss-reactive ketones (excluding diaryl/α,β-unsaturated/α-hetero) is 1. The van der Waals surface area contributed by atoms with E-state index in [1.165, 1.54) is 11.6 Å². The third kappa shape index (κ3) is 4.57. The minimum atomic E-state index is -0.290. The number of hydrogen-bond donors (Lipinski definition) is 1. The van der Waals surface area contributed by atoms with Crippen LogP contribution in [0.15, 0.2) is 47.3 Å². The van der Waals surface area contributed by atoms with Gasteiger partial charge in [-0.25, -0.2) is 0 Å². The number of H-pyrrole nitrogens is 1. The van der Waals surface area contributed by atoms with Gasteiger partial charge in [0.25, 0.3) is 0 Å². The van der Waals surface area contributed by atoms with Crippen molar-refractivity contribution >= 4 is 22.5 Å². The van der Waals surface area contributed by atoms with Crippen molar-refractivity contribution in [3.8, 4) is 5.88 Å². The summed E-state index contributed by atoms with van der Waals surface area (Å²) in [5.74, 6) is 0.823. The number of rotatable bonds is 7. The number of ether oxygens (including phenoxy) is 1. The molecular weight excluding hydrogens is 428 g/mol. The molecule has 0 unspecified atom stereocenters. The van der Waals surface area contributed by atoms with Crippen molar-refractivity contribution in [3.05, 3.63) is 63.9 Å². The van der Waals surface area contributed by atoms with E-state index in [9.17, 15) is 9.59 Å². The number of benzene rings is 1. The molecule has 0 atom stereocenters. The van der Waals surface area contributed by atoms with Gasteiger partial charge in [0.15, 0.2) is 5.78 Å². The van der Waals surface area contributed by atoms with Crippen LogP contribution in [0, 0.1) is 5.41 Å². The highest BCUT2D eigenvalue weighted by atomic mass is 16.5. The molecule has 0 saturated carbocycles. The van der Waals surface area contributed by atoms with Gasteiger partial charge in [0.1, 0.15) is 5.65 Å². The molecule has 0 spiro atoms. The third-order valence-electron chi connectivity index (χ3n) is 6.99. The number of aromatic nitrogens is 2. The van der Waals surface area contributed by atoms with Gasteiger partial charge in [0, 0.05) is 60.4 Å². The van der Waals surface area contributed by atoms with Crippen molar-refractivity contribution in [1.29, 1.82) is 0 Å². The molecule has 0 radical (unpaired) electrons. The number of hydrogen-bond acceptors (Lipinski definition) is 6. The number of anilines is 1. The number of nitrogens with zero attached hydrogens (tertiary/aromatic N) is 3. The van der Waals surface area contributed by atoms with Gasteiger partial charge >= 0.3 is 0 Å². The van der Waals surface area contributed by atoms with Crippen LogP contribution >= 0.6 is 0 Å². The quantitative estimate of drug-likeness (QED) is 0.542. The molecule has 2 aromatic heterocycles. The van der Waals surface area contributed by atoms with Crippen LogP contribution in [0.1, 0.15) is 42.6 Å². The molecule has 7 nitrogen and oxygen atoms in total. The molecule has 5 rings (SSSR count). The van der Waals surface area contributed by atoms with Gasteiger partial charge in [0.05, 0.1) is 6.61 Å². The molecule has 0 amide bonds. The van der Waals surface area contributed by atoms with Gasteiger partial charge < -0.3 is 14.6 Å². The summed E-state index contributed by atoms with van der Waals surface area (Å²) >= 11 is 0. The number of aromatic amines is 1. The van der Waals surface area contributed by atoms with Gasteiger partial charge in [-0.05, 0) is 49.6 Å². The van der Waals surface area contributed by atoms with Gasteiger partial charge in [-0.1, -0.05) is 26.0 Å². The van der Waals surface area contributed by atoms with Crippen LogP contribution in [0.25, 0.3) is 11.0 Å². The number of fused-ring (bicyclic) bond motifs is 2. The van der Waals surface area contributed by atoms with Crippen molar-refractivity contribution in [2.45, 2.75) is 33.1 Å². The highest BCUT2D eigenvalue weighted by Gasteiger charge is 2.39. The van der Waals surface area contributed by atoms with E-state index in [1.54, 1.807) is 6.07 Å². The average molecular weight is 461 g/mol. The van der Waals surface area contributed by atoms with Gasteiger partial charge in [-0.15, -0.1) is 0 Å². The lowest BCUT2D eigenvalue weighted by molar-refractivity contribution is 0.0864. The summed E-state index contributed by atoms with van der Waals surface area (Å²) < 4.78 is 5.80. The summed E-state index contributed by atoms with van der Waals surface area (Å²) in [4.78, 5) is 36.4. The number of carbonyl (C=O) groups is 1. The number of nitrogens with one attached hydrogen (secondary N) is 1. The van der Waals surface area contributed by atoms with Crippen molar-refractivity contribution in [1.82, 2.24) is 14.9 Å². The van der Waals surface area contributed by atoms with Crippen molar-refractivity contribution < 1.29 is 9.53 Å². The van der Waals surface area contributed by atoms with Crippen LogP contribution < -0.4 is 15.2 Å². The largest absolute Gasteiger partial charge is 0.478 e. The minimum absolute atomic E-state index is 0.163. The number of piperazine rings is 1. The molecule has 1 aliphatic heterocycles. The summed E-state index contributed by atoms with van der Waals surface area (Å²) in [6.45, 7) is 9.64. The SMILES string of the molecule is CC1(C)Cc2cccc(N3CCN(CCCCOc4ccc5ccc(=O)[nH]c5n4)CC3)c2C1=O. The zero-order valence-corrected chi connectivity index (χ0v) is 20.0. The van der Waals surface area contributed by atoms with Crippen LogP contribution in [-0.4, -0.2) is 60.0 Å². The Hall–Kier alpha value is -3.19. The topological polar surface area (TPSA) is 78.5 Å². The van der Waals surface area contributed by atoms with Gasteiger partial charge in [0.2, 0.25) is 11.4 Å². The smallest absolute Gasteiger partial charge is 0.249 e. The highest BCUT2D eigenvalue weighted by Crippen LogP contribution is 2.41. The monoisotopic (exact) mass is 460 g/mol. The predicted octanol–water partition coefficient (Wildman–Crippen LogP) is 3.67. The molecule has 3 aromatic rings. The standard InChI is InChI=1S/C27H32N4O3/c1-27(2)18-20-6-5-7-21(24(20)25(27)33)31-15-13-30(14-16-31)12-3-4-17-34-23-11-9-19-8-10-22(32)28-26(19)29-23/h5-11H,3-4,12-18H2,1-2H3,(H,28,29,32). The lowest BCUT2D eigenvalue weighted by atomic mass is 9.89. The molecule has 178 valence electrons. The third-order valence-corrected chi connectivity index (χ3v) is 6.99. The van der Waals surface area contributed by atoms with E-state index in [0.29, 0.717) is 18.1 Å². The number of unbranched alkanes of at least 4 members (excludes halogenated alkanes) is 1. The van der Waals surface area contributed by atoms with E-state index >= 15 is 0 Å². The van der Waals surface area contributed by atoms with E-state index in [1.807, 2.05) is 12.1 Å². The van der Waals surface area contributed by atoms with E-state index in [2.05, 4.69) is 51.8 Å². The summed E-state index contributed by atoms with van der Waals surface area (Å²) in [5, 5.41) is 0.889. The Labute approximate surface area is 199 Å². The molecule has 34 heavy (non-hydrogen) atoms. The lowest BCUT2D eigenvalue weighted by Gasteiger charge is -2.37. The number of ketones is 1. The Morgan fingerprint density at radius 3 is 2.62 bits per heavy atom. The molecule has 1 N–H and O–H groups in total. The Kier molecular flexibility index (Phi) is 6.13. The molecule has 1 aromatic carbocycles. The molecule has 1 fully saturated rings. The summed E-state index contributed by atoms with van der Waals surface area (Å²) in [6.07, 6.45) is 2.84. The van der Waals surface area contributed by atoms with Crippen molar-refractivity contribution in [2.24, 2.45) is 5.41 Å². The van der Waals surface area contributed by atoms with Crippen LogP contribution in [0.4, 0.5) is 5.69 Å². The maximum atomic E-state index is 13.0. The fraction of sp³-hybridized carbons (Fsp3) is 0.444. The van der Waals surface area contributed by atoms with Gasteiger partial charge in [-0.3, -0.25) is 14.5 Å². The first kappa shape index (κ1) is 22.6. The van der Waals surface area contributed by atoms with Crippen molar-refractivity contribution in [3.63, 3.8) is 0 Å². The van der Waals surface area contributed by atoms with E-state index < -0.39 is 0 Å². The average Bonchev–Trinajstić information content (AvgIpc) is 3.07. The Balaban J connectivity index is 1.07. The second kappa shape index (κ2) is 9.22.